The molecule has 2 aromatic carbocycles. The maximum absolute atomic E-state index is 12.0. The van der Waals surface area contributed by atoms with E-state index >= 15 is 0 Å². The number of nitrogens with zero attached hydrogens (tertiary/aromatic N) is 1. The van der Waals surface area contributed by atoms with E-state index in [0.29, 0.717) is 29.3 Å². The minimum atomic E-state index is -0.609. The summed E-state index contributed by atoms with van der Waals surface area (Å²) >= 11 is 5.92. The van der Waals surface area contributed by atoms with E-state index in [1.165, 1.54) is 0 Å². The molecular formula is C18H17ClN2O2. The molecular weight excluding hydrogens is 312 g/mol. The maximum Gasteiger partial charge on any atom is 0.260 e. The lowest BCUT2D eigenvalue weighted by molar-refractivity contribution is -0.127. The summed E-state index contributed by atoms with van der Waals surface area (Å²) in [7, 11) is 0. The monoisotopic (exact) mass is 328 g/mol. The van der Waals surface area contributed by atoms with Crippen molar-refractivity contribution in [3.05, 3.63) is 64.7 Å². The lowest BCUT2D eigenvalue weighted by atomic mass is 10.1. The van der Waals surface area contributed by atoms with Crippen molar-refractivity contribution in [2.24, 2.45) is 0 Å². The van der Waals surface area contributed by atoms with E-state index in [-0.39, 0.29) is 5.91 Å². The molecule has 0 bridgehead atoms. The van der Waals surface area contributed by atoms with Crippen LogP contribution < -0.4 is 10.1 Å². The lowest BCUT2D eigenvalue weighted by Gasteiger charge is -2.14. The van der Waals surface area contributed by atoms with E-state index < -0.39 is 6.10 Å². The third kappa shape index (κ3) is 5.32. The van der Waals surface area contributed by atoms with Gasteiger partial charge < -0.3 is 10.1 Å². The summed E-state index contributed by atoms with van der Waals surface area (Å²) in [6.07, 6.45) is 0.0953. The molecule has 0 aromatic heterocycles. The van der Waals surface area contributed by atoms with Crippen LogP contribution in [0.2, 0.25) is 5.02 Å². The predicted molar refractivity (Wildman–Crippen MR) is 89.4 cm³/mol. The topological polar surface area (TPSA) is 62.1 Å². The van der Waals surface area contributed by atoms with Gasteiger partial charge in [0, 0.05) is 11.6 Å². The van der Waals surface area contributed by atoms with Gasteiger partial charge in [-0.2, -0.15) is 5.26 Å². The SMILES string of the molecule is CC(Oc1ccc(C#N)cc1)C(=O)NCCc1cccc(Cl)c1. The second-order valence-electron chi connectivity index (χ2n) is 5.07. The number of nitriles is 1. The number of nitrogens with one attached hydrogen (secondary N) is 1. The number of rotatable bonds is 6. The minimum absolute atomic E-state index is 0.184. The first-order valence-corrected chi connectivity index (χ1v) is 7.65. The highest BCUT2D eigenvalue weighted by Crippen LogP contribution is 2.13. The van der Waals surface area contributed by atoms with Gasteiger partial charge in [-0.15, -0.1) is 0 Å². The molecule has 1 N–H and O–H groups in total. The summed E-state index contributed by atoms with van der Waals surface area (Å²) in [6.45, 7) is 2.20. The Bertz CT molecular complexity index is 708. The number of amides is 1. The van der Waals surface area contributed by atoms with E-state index in [9.17, 15) is 4.79 Å². The zero-order valence-corrected chi connectivity index (χ0v) is 13.5. The van der Waals surface area contributed by atoms with Crippen molar-refractivity contribution in [2.75, 3.05) is 6.54 Å². The largest absolute Gasteiger partial charge is 0.481 e. The molecule has 4 nitrogen and oxygen atoms in total. The molecule has 0 saturated heterocycles. The van der Waals surface area contributed by atoms with Gasteiger partial charge in [-0.1, -0.05) is 23.7 Å². The van der Waals surface area contributed by atoms with Crippen molar-refractivity contribution in [1.29, 1.82) is 5.26 Å². The van der Waals surface area contributed by atoms with Crippen LogP contribution in [0.15, 0.2) is 48.5 Å². The van der Waals surface area contributed by atoms with E-state index in [2.05, 4.69) is 5.32 Å². The molecule has 0 radical (unpaired) electrons. The van der Waals surface area contributed by atoms with Gasteiger partial charge in [-0.25, -0.2) is 0 Å². The lowest BCUT2D eigenvalue weighted by Crippen LogP contribution is -2.37. The predicted octanol–water partition coefficient (Wildman–Crippen LogP) is 3.34. The van der Waals surface area contributed by atoms with Gasteiger partial charge in [-0.3, -0.25) is 4.79 Å². The van der Waals surface area contributed by atoms with E-state index in [0.717, 1.165) is 5.56 Å². The van der Waals surface area contributed by atoms with Crippen molar-refractivity contribution in [3.8, 4) is 11.8 Å². The van der Waals surface area contributed by atoms with Crippen molar-refractivity contribution >= 4 is 17.5 Å². The smallest absolute Gasteiger partial charge is 0.260 e. The third-order valence-corrected chi connectivity index (χ3v) is 3.50. The highest BCUT2D eigenvalue weighted by Gasteiger charge is 2.14. The number of hydrogen-bond donors (Lipinski definition) is 1. The van der Waals surface area contributed by atoms with E-state index in [4.69, 9.17) is 21.6 Å². The molecule has 0 heterocycles. The highest BCUT2D eigenvalue weighted by atomic mass is 35.5. The molecule has 0 spiro atoms. The fraction of sp³-hybridized carbons (Fsp3) is 0.222. The van der Waals surface area contributed by atoms with Crippen LogP contribution >= 0.6 is 11.6 Å². The number of carbonyl (C=O) groups is 1. The first-order valence-electron chi connectivity index (χ1n) is 7.27. The van der Waals surface area contributed by atoms with Crippen molar-refractivity contribution in [2.45, 2.75) is 19.4 Å². The summed E-state index contributed by atoms with van der Waals surface area (Å²) in [5.41, 5.74) is 1.62. The summed E-state index contributed by atoms with van der Waals surface area (Å²) < 4.78 is 5.55. The van der Waals surface area contributed by atoms with Crippen molar-refractivity contribution < 1.29 is 9.53 Å². The van der Waals surface area contributed by atoms with Crippen LogP contribution in [0, 0.1) is 11.3 Å². The molecule has 5 heteroatoms. The highest BCUT2D eigenvalue weighted by molar-refractivity contribution is 6.30. The fourth-order valence-electron chi connectivity index (χ4n) is 2.03. The number of hydrogen-bond acceptors (Lipinski definition) is 3. The molecule has 1 atom stereocenters. The van der Waals surface area contributed by atoms with Crippen molar-refractivity contribution in [3.63, 3.8) is 0 Å². The molecule has 0 aliphatic heterocycles. The molecule has 118 valence electrons. The number of halogens is 1. The van der Waals surface area contributed by atoms with Crippen LogP contribution in [0.3, 0.4) is 0 Å². The van der Waals surface area contributed by atoms with Crippen LogP contribution in [-0.4, -0.2) is 18.6 Å². The molecule has 0 aliphatic carbocycles. The Morgan fingerprint density at radius 1 is 1.30 bits per heavy atom. The second kappa shape index (κ2) is 8.21. The maximum atomic E-state index is 12.0. The average molecular weight is 329 g/mol. The summed E-state index contributed by atoms with van der Waals surface area (Å²) in [5, 5.41) is 12.3. The van der Waals surface area contributed by atoms with Crippen molar-refractivity contribution in [1.82, 2.24) is 5.32 Å². The molecule has 2 rings (SSSR count). The Morgan fingerprint density at radius 3 is 2.70 bits per heavy atom. The summed E-state index contributed by atoms with van der Waals surface area (Å²) in [6, 6.07) is 16.2. The Hall–Kier alpha value is -2.51. The molecule has 0 aliphatic rings. The average Bonchev–Trinajstić information content (AvgIpc) is 2.55. The van der Waals surface area contributed by atoms with Gasteiger partial charge in [0.15, 0.2) is 6.10 Å². The van der Waals surface area contributed by atoms with Gasteiger partial charge in [0.25, 0.3) is 5.91 Å². The molecule has 0 fully saturated rings. The number of benzene rings is 2. The zero-order chi connectivity index (χ0) is 16.7. The molecule has 1 amide bonds. The van der Waals surface area contributed by atoms with Crippen LogP contribution in [0.1, 0.15) is 18.1 Å². The fourth-order valence-corrected chi connectivity index (χ4v) is 2.24. The van der Waals surface area contributed by atoms with Gasteiger partial charge in [0.1, 0.15) is 5.75 Å². The first-order chi connectivity index (χ1) is 11.1. The zero-order valence-electron chi connectivity index (χ0n) is 12.8. The van der Waals surface area contributed by atoms with Gasteiger partial charge in [0.2, 0.25) is 0 Å². The van der Waals surface area contributed by atoms with Gasteiger partial charge in [0.05, 0.1) is 11.6 Å². The minimum Gasteiger partial charge on any atom is -0.481 e. The Labute approximate surface area is 140 Å². The Morgan fingerprint density at radius 2 is 2.04 bits per heavy atom. The first kappa shape index (κ1) is 16.9. The third-order valence-electron chi connectivity index (χ3n) is 3.27. The second-order valence-corrected chi connectivity index (χ2v) is 5.50. The van der Waals surface area contributed by atoms with Crippen LogP contribution in [0.25, 0.3) is 0 Å². The molecule has 1 unspecified atom stereocenters. The number of carbonyl (C=O) groups excluding carboxylic acids is 1. The standard InChI is InChI=1S/C18H17ClN2O2/c1-13(23-17-7-5-15(12-20)6-8-17)18(22)21-10-9-14-3-2-4-16(19)11-14/h2-8,11,13H,9-10H2,1H3,(H,21,22). The molecule has 2 aromatic rings. The van der Waals surface area contributed by atoms with Crippen LogP contribution in [-0.2, 0) is 11.2 Å². The van der Waals surface area contributed by atoms with Gasteiger partial charge in [-0.05, 0) is 55.3 Å². The Kier molecular flexibility index (Phi) is 6.02. The molecule has 23 heavy (non-hydrogen) atoms. The summed E-state index contributed by atoms with van der Waals surface area (Å²) in [4.78, 5) is 12.0. The number of ether oxygens (including phenoxy) is 1. The van der Waals surface area contributed by atoms with Gasteiger partial charge >= 0.3 is 0 Å². The van der Waals surface area contributed by atoms with E-state index in [1.807, 2.05) is 30.3 Å². The molecule has 0 saturated carbocycles. The van der Waals surface area contributed by atoms with E-state index in [1.54, 1.807) is 31.2 Å². The van der Waals surface area contributed by atoms with Crippen LogP contribution in [0.5, 0.6) is 5.75 Å². The Balaban J connectivity index is 1.79. The summed E-state index contributed by atoms with van der Waals surface area (Å²) in [5.74, 6) is 0.373. The quantitative estimate of drug-likeness (QED) is 0.884. The van der Waals surface area contributed by atoms with Crippen LogP contribution in [0.4, 0.5) is 0 Å². The normalized spacial score (nSPS) is 11.3.